The van der Waals surface area contributed by atoms with E-state index < -0.39 is 0 Å². The van der Waals surface area contributed by atoms with Crippen LogP contribution in [0.4, 0.5) is 0 Å². The summed E-state index contributed by atoms with van der Waals surface area (Å²) in [5.74, 6) is 1.70. The average Bonchev–Trinajstić information content (AvgIpc) is 2.90. The van der Waals surface area contributed by atoms with Gasteiger partial charge in [-0.05, 0) is 24.3 Å². The maximum Gasteiger partial charge on any atom is 0.221 e. The van der Waals surface area contributed by atoms with Crippen LogP contribution in [0.5, 0.6) is 0 Å². The van der Waals surface area contributed by atoms with Gasteiger partial charge >= 0.3 is 0 Å². The van der Waals surface area contributed by atoms with E-state index in [9.17, 15) is 4.79 Å². The van der Waals surface area contributed by atoms with Crippen molar-refractivity contribution in [3.63, 3.8) is 0 Å². The fraction of sp³-hybridized carbons (Fsp3) is 0.222. The normalized spacial score (nSPS) is 10.8. The SMILES string of the molecule is Cn1c(CNC(=O)CCSc2ccccc2)nc2ccccc21. The number of thioether (sulfide) groups is 1. The van der Waals surface area contributed by atoms with Crippen molar-refractivity contribution in [2.24, 2.45) is 7.05 Å². The molecule has 0 saturated carbocycles. The third-order valence-corrected chi connectivity index (χ3v) is 4.68. The van der Waals surface area contributed by atoms with Crippen LogP contribution < -0.4 is 5.32 Å². The zero-order valence-electron chi connectivity index (χ0n) is 13.0. The number of hydrogen-bond acceptors (Lipinski definition) is 3. The maximum atomic E-state index is 12.0. The van der Waals surface area contributed by atoms with Crippen LogP contribution in [0.2, 0.25) is 0 Å². The number of nitrogens with zero attached hydrogens (tertiary/aromatic N) is 2. The maximum absolute atomic E-state index is 12.0. The molecule has 0 unspecified atom stereocenters. The molecule has 23 heavy (non-hydrogen) atoms. The van der Waals surface area contributed by atoms with Gasteiger partial charge in [-0.3, -0.25) is 4.79 Å². The van der Waals surface area contributed by atoms with Crippen molar-refractivity contribution in [2.45, 2.75) is 17.9 Å². The highest BCUT2D eigenvalue weighted by molar-refractivity contribution is 7.99. The number of carbonyl (C=O) groups is 1. The number of carbonyl (C=O) groups excluding carboxylic acids is 1. The first-order valence-electron chi connectivity index (χ1n) is 7.59. The Kier molecular flexibility index (Phi) is 4.98. The summed E-state index contributed by atoms with van der Waals surface area (Å²) in [6.45, 7) is 0.458. The molecule has 0 atom stereocenters. The van der Waals surface area contributed by atoms with Gasteiger partial charge in [0.15, 0.2) is 0 Å². The van der Waals surface area contributed by atoms with Crippen LogP contribution in [0.3, 0.4) is 0 Å². The Balaban J connectivity index is 1.49. The molecule has 5 heteroatoms. The minimum atomic E-state index is 0.0560. The van der Waals surface area contributed by atoms with Gasteiger partial charge in [-0.1, -0.05) is 30.3 Å². The summed E-state index contributed by atoms with van der Waals surface area (Å²) in [5.41, 5.74) is 2.04. The van der Waals surface area contributed by atoms with Crippen molar-refractivity contribution in [2.75, 3.05) is 5.75 Å². The van der Waals surface area contributed by atoms with E-state index in [1.54, 1.807) is 11.8 Å². The van der Waals surface area contributed by atoms with Crippen molar-refractivity contribution in [3.8, 4) is 0 Å². The summed E-state index contributed by atoms with van der Waals surface area (Å²) in [6, 6.07) is 18.1. The lowest BCUT2D eigenvalue weighted by molar-refractivity contribution is -0.120. The Morgan fingerprint density at radius 3 is 2.65 bits per heavy atom. The Labute approximate surface area is 139 Å². The lowest BCUT2D eigenvalue weighted by Gasteiger charge is -2.06. The number of amides is 1. The molecule has 0 aliphatic carbocycles. The molecule has 3 aromatic rings. The van der Waals surface area contributed by atoms with Crippen LogP contribution in [0.1, 0.15) is 12.2 Å². The highest BCUT2D eigenvalue weighted by Gasteiger charge is 2.08. The molecule has 0 fully saturated rings. The van der Waals surface area contributed by atoms with Gasteiger partial charge in [-0.2, -0.15) is 0 Å². The van der Waals surface area contributed by atoms with E-state index in [2.05, 4.69) is 22.4 Å². The first-order chi connectivity index (χ1) is 11.2. The van der Waals surface area contributed by atoms with Gasteiger partial charge in [0, 0.05) is 24.1 Å². The smallest absolute Gasteiger partial charge is 0.221 e. The van der Waals surface area contributed by atoms with Gasteiger partial charge in [0.2, 0.25) is 5.91 Å². The number of benzene rings is 2. The standard InChI is InChI=1S/C18H19N3OS/c1-21-16-10-6-5-9-15(16)20-17(21)13-19-18(22)11-12-23-14-7-3-2-4-8-14/h2-10H,11-13H2,1H3,(H,19,22). The van der Waals surface area contributed by atoms with E-state index in [4.69, 9.17) is 0 Å². The molecule has 0 aliphatic heterocycles. The highest BCUT2D eigenvalue weighted by Crippen LogP contribution is 2.17. The number of nitrogens with one attached hydrogen (secondary N) is 1. The van der Waals surface area contributed by atoms with Crippen LogP contribution >= 0.6 is 11.8 Å². The van der Waals surface area contributed by atoms with E-state index in [1.165, 1.54) is 4.90 Å². The summed E-state index contributed by atoms with van der Waals surface area (Å²) in [4.78, 5) is 17.7. The predicted molar refractivity (Wildman–Crippen MR) is 94.3 cm³/mol. The van der Waals surface area contributed by atoms with Crippen LogP contribution in [-0.4, -0.2) is 21.2 Å². The summed E-state index contributed by atoms with van der Waals surface area (Å²) >= 11 is 1.70. The Bertz CT molecular complexity index is 798. The second-order valence-corrected chi connectivity index (χ2v) is 6.43. The van der Waals surface area contributed by atoms with Crippen molar-refractivity contribution in [3.05, 3.63) is 60.4 Å². The molecule has 0 bridgehead atoms. The van der Waals surface area contributed by atoms with Gasteiger partial charge in [0.25, 0.3) is 0 Å². The van der Waals surface area contributed by atoms with Crippen molar-refractivity contribution >= 4 is 28.7 Å². The first kappa shape index (κ1) is 15.6. The quantitative estimate of drug-likeness (QED) is 0.707. The lowest BCUT2D eigenvalue weighted by atomic mass is 10.3. The molecule has 1 N–H and O–H groups in total. The van der Waals surface area contributed by atoms with Gasteiger partial charge in [-0.25, -0.2) is 4.98 Å². The Hall–Kier alpha value is -2.27. The molecule has 3 rings (SSSR count). The largest absolute Gasteiger partial charge is 0.349 e. The molecular formula is C18H19N3OS. The number of fused-ring (bicyclic) bond motifs is 1. The zero-order valence-corrected chi connectivity index (χ0v) is 13.8. The van der Waals surface area contributed by atoms with E-state index in [0.29, 0.717) is 13.0 Å². The van der Waals surface area contributed by atoms with Gasteiger partial charge in [0.1, 0.15) is 5.82 Å². The highest BCUT2D eigenvalue weighted by atomic mass is 32.2. The topological polar surface area (TPSA) is 46.9 Å². The zero-order chi connectivity index (χ0) is 16.1. The fourth-order valence-corrected chi connectivity index (χ4v) is 3.27. The third kappa shape index (κ3) is 3.93. The van der Waals surface area contributed by atoms with Gasteiger partial charge in [-0.15, -0.1) is 11.8 Å². The van der Waals surface area contributed by atoms with Gasteiger partial charge in [0.05, 0.1) is 17.6 Å². The minimum Gasteiger partial charge on any atom is -0.349 e. The monoisotopic (exact) mass is 325 g/mol. The molecule has 1 heterocycles. The molecule has 118 valence electrons. The number of aryl methyl sites for hydroxylation is 1. The second-order valence-electron chi connectivity index (χ2n) is 5.26. The molecule has 0 aliphatic rings. The van der Waals surface area contributed by atoms with Crippen LogP contribution in [0, 0.1) is 0 Å². The summed E-state index contributed by atoms with van der Waals surface area (Å²) in [5, 5.41) is 2.95. The molecule has 0 radical (unpaired) electrons. The third-order valence-electron chi connectivity index (χ3n) is 3.66. The molecule has 1 amide bonds. The van der Waals surface area contributed by atoms with Crippen LogP contribution in [0.25, 0.3) is 11.0 Å². The van der Waals surface area contributed by atoms with Crippen molar-refractivity contribution in [1.29, 1.82) is 0 Å². The molecule has 0 spiro atoms. The van der Waals surface area contributed by atoms with Crippen LogP contribution in [-0.2, 0) is 18.4 Å². The summed E-state index contributed by atoms with van der Waals surface area (Å²) < 4.78 is 2.02. The average molecular weight is 325 g/mol. The predicted octanol–water partition coefficient (Wildman–Crippen LogP) is 3.37. The Morgan fingerprint density at radius 1 is 1.13 bits per heavy atom. The molecule has 1 aromatic heterocycles. The fourth-order valence-electron chi connectivity index (χ4n) is 2.40. The summed E-state index contributed by atoms with van der Waals surface area (Å²) in [7, 11) is 1.97. The number of rotatable bonds is 6. The van der Waals surface area contributed by atoms with E-state index in [-0.39, 0.29) is 5.91 Å². The first-order valence-corrected chi connectivity index (χ1v) is 8.57. The molecule has 2 aromatic carbocycles. The molecule has 4 nitrogen and oxygen atoms in total. The number of imidazole rings is 1. The van der Waals surface area contributed by atoms with E-state index in [0.717, 1.165) is 22.6 Å². The van der Waals surface area contributed by atoms with Crippen LogP contribution in [0.15, 0.2) is 59.5 Å². The second kappa shape index (κ2) is 7.33. The van der Waals surface area contributed by atoms with E-state index >= 15 is 0 Å². The van der Waals surface area contributed by atoms with E-state index in [1.807, 2.05) is 54.1 Å². The lowest BCUT2D eigenvalue weighted by Crippen LogP contribution is -2.24. The summed E-state index contributed by atoms with van der Waals surface area (Å²) in [6.07, 6.45) is 0.503. The number of aromatic nitrogens is 2. The minimum absolute atomic E-state index is 0.0560. The van der Waals surface area contributed by atoms with Gasteiger partial charge < -0.3 is 9.88 Å². The number of hydrogen-bond donors (Lipinski definition) is 1. The Morgan fingerprint density at radius 2 is 1.87 bits per heavy atom. The molecule has 0 saturated heterocycles. The molecular weight excluding hydrogens is 306 g/mol. The van der Waals surface area contributed by atoms with Crippen molar-refractivity contribution in [1.82, 2.24) is 14.9 Å². The van der Waals surface area contributed by atoms with Crippen molar-refractivity contribution < 1.29 is 4.79 Å². The number of para-hydroxylation sites is 2.